The molecule has 0 aromatic heterocycles. The molecule has 0 bridgehead atoms. The number of nitrogens with one attached hydrogen (secondary N) is 1. The van der Waals surface area contributed by atoms with Gasteiger partial charge in [-0.15, -0.1) is 0 Å². The van der Waals surface area contributed by atoms with Crippen molar-refractivity contribution in [2.45, 2.75) is 50.4 Å². The van der Waals surface area contributed by atoms with Crippen molar-refractivity contribution in [2.24, 2.45) is 5.92 Å². The van der Waals surface area contributed by atoms with Gasteiger partial charge < -0.3 is 10.4 Å². The van der Waals surface area contributed by atoms with Crippen LogP contribution in [-0.4, -0.2) is 18.2 Å². The third-order valence-corrected chi connectivity index (χ3v) is 7.15. The summed E-state index contributed by atoms with van der Waals surface area (Å²) < 4.78 is 0. The van der Waals surface area contributed by atoms with Crippen LogP contribution in [0.4, 0.5) is 0 Å². The summed E-state index contributed by atoms with van der Waals surface area (Å²) in [6.07, 6.45) is 14.1. The minimum Gasteiger partial charge on any atom is -0.508 e. The Labute approximate surface area is 174 Å². The number of rotatable bonds is 3. The smallest absolute Gasteiger partial charge is 0.115 e. The first-order valence-corrected chi connectivity index (χ1v) is 11.3. The number of fused-ring (bicyclic) bond motifs is 1. The lowest BCUT2D eigenvalue weighted by atomic mass is 9.68. The summed E-state index contributed by atoms with van der Waals surface area (Å²) in [4.78, 5) is 0. The molecule has 2 aliphatic carbocycles. The highest BCUT2D eigenvalue weighted by molar-refractivity contribution is 5.48. The number of piperidine rings is 1. The molecule has 0 saturated carbocycles. The molecule has 2 heteroatoms. The largest absolute Gasteiger partial charge is 0.508 e. The molecule has 2 unspecified atom stereocenters. The number of phenolic OH excluding ortho intramolecular Hbond substituents is 1. The van der Waals surface area contributed by atoms with E-state index in [1.165, 1.54) is 40.7 Å². The molecule has 150 valence electrons. The van der Waals surface area contributed by atoms with E-state index in [9.17, 15) is 5.11 Å². The Morgan fingerprint density at radius 3 is 2.41 bits per heavy atom. The van der Waals surface area contributed by atoms with Gasteiger partial charge in [-0.05, 0) is 103 Å². The summed E-state index contributed by atoms with van der Waals surface area (Å²) in [5, 5.41) is 13.5. The normalized spacial score (nSPS) is 24.8. The molecule has 2 atom stereocenters. The van der Waals surface area contributed by atoms with Crippen molar-refractivity contribution >= 4 is 0 Å². The maximum Gasteiger partial charge on any atom is 0.115 e. The highest BCUT2D eigenvalue weighted by atomic mass is 16.3. The van der Waals surface area contributed by atoms with Crippen LogP contribution in [0.15, 0.2) is 66.3 Å². The number of aromatic hydroxyl groups is 1. The van der Waals surface area contributed by atoms with E-state index in [-0.39, 0.29) is 0 Å². The van der Waals surface area contributed by atoms with E-state index in [1.54, 1.807) is 0 Å². The van der Waals surface area contributed by atoms with E-state index in [1.807, 2.05) is 12.1 Å². The second-order valence-corrected chi connectivity index (χ2v) is 8.88. The van der Waals surface area contributed by atoms with E-state index in [4.69, 9.17) is 0 Å². The Morgan fingerprint density at radius 2 is 1.66 bits per heavy atom. The van der Waals surface area contributed by atoms with Gasteiger partial charge in [0.25, 0.3) is 0 Å². The molecule has 0 amide bonds. The summed E-state index contributed by atoms with van der Waals surface area (Å²) >= 11 is 0. The van der Waals surface area contributed by atoms with Crippen LogP contribution in [0.25, 0.3) is 0 Å². The summed E-state index contributed by atoms with van der Waals surface area (Å²) in [6, 6.07) is 15.5. The van der Waals surface area contributed by atoms with Crippen LogP contribution in [0.3, 0.4) is 0 Å². The molecule has 29 heavy (non-hydrogen) atoms. The standard InChI is InChI=1S/C27H31NO/c29-24-11-13-26-23(18-24)10-12-25(21-4-2-1-3-5-21)27(26)22-8-6-19(7-9-22)20-14-16-28-17-15-20/h2,4-9,11,13,18,20,25,27-29H,1,3,10,12,14-17H2. The third-order valence-electron chi connectivity index (χ3n) is 7.15. The van der Waals surface area contributed by atoms with Gasteiger partial charge in [0.1, 0.15) is 5.75 Å². The van der Waals surface area contributed by atoms with Crippen molar-refractivity contribution in [1.82, 2.24) is 5.32 Å². The number of phenols is 1. The van der Waals surface area contributed by atoms with Crippen LogP contribution in [0, 0.1) is 5.92 Å². The molecule has 0 radical (unpaired) electrons. The first kappa shape index (κ1) is 18.7. The molecule has 0 spiro atoms. The van der Waals surface area contributed by atoms with Crippen molar-refractivity contribution in [3.63, 3.8) is 0 Å². The van der Waals surface area contributed by atoms with Crippen LogP contribution < -0.4 is 5.32 Å². The Morgan fingerprint density at radius 1 is 0.862 bits per heavy atom. The van der Waals surface area contributed by atoms with Crippen molar-refractivity contribution in [2.75, 3.05) is 13.1 Å². The molecule has 3 aliphatic rings. The Balaban J connectivity index is 1.51. The molecule has 2 aromatic rings. The third kappa shape index (κ3) is 3.79. The average Bonchev–Trinajstić information content (AvgIpc) is 2.79. The zero-order chi connectivity index (χ0) is 19.6. The van der Waals surface area contributed by atoms with Crippen LogP contribution in [0.5, 0.6) is 5.75 Å². The number of benzene rings is 2. The average molecular weight is 386 g/mol. The molecule has 5 rings (SSSR count). The zero-order valence-corrected chi connectivity index (χ0v) is 17.1. The highest BCUT2D eigenvalue weighted by Crippen LogP contribution is 2.46. The highest BCUT2D eigenvalue weighted by Gasteiger charge is 2.33. The lowest BCUT2D eigenvalue weighted by Gasteiger charge is -2.36. The quantitative estimate of drug-likeness (QED) is 0.697. The molecular formula is C27H31NO. The molecule has 1 heterocycles. The fourth-order valence-electron chi connectivity index (χ4n) is 5.62. The number of hydrogen-bond donors (Lipinski definition) is 2. The van der Waals surface area contributed by atoms with Crippen LogP contribution >= 0.6 is 0 Å². The molecule has 1 fully saturated rings. The first-order chi connectivity index (χ1) is 14.3. The second-order valence-electron chi connectivity index (χ2n) is 8.88. The molecule has 2 N–H and O–H groups in total. The SMILES string of the molecule is Oc1ccc2c(c1)CCC(C1=CCCC=C1)C2c1ccc(C2CCNCC2)cc1. The Bertz CT molecular complexity index is 918. The monoisotopic (exact) mass is 385 g/mol. The minimum absolute atomic E-state index is 0.371. The predicted molar refractivity (Wildman–Crippen MR) is 120 cm³/mol. The van der Waals surface area contributed by atoms with E-state index in [0.29, 0.717) is 23.5 Å². The van der Waals surface area contributed by atoms with Gasteiger partial charge in [0.15, 0.2) is 0 Å². The van der Waals surface area contributed by atoms with Gasteiger partial charge in [0, 0.05) is 5.92 Å². The van der Waals surface area contributed by atoms with E-state index in [0.717, 1.165) is 38.8 Å². The van der Waals surface area contributed by atoms with Crippen molar-refractivity contribution in [1.29, 1.82) is 0 Å². The van der Waals surface area contributed by atoms with E-state index < -0.39 is 0 Å². The summed E-state index contributed by atoms with van der Waals surface area (Å²) in [7, 11) is 0. The maximum absolute atomic E-state index is 10.0. The van der Waals surface area contributed by atoms with Gasteiger partial charge in [0.2, 0.25) is 0 Å². The Kier molecular flexibility index (Phi) is 5.28. The fraction of sp³-hybridized carbons (Fsp3) is 0.407. The van der Waals surface area contributed by atoms with Gasteiger partial charge in [-0.2, -0.15) is 0 Å². The van der Waals surface area contributed by atoms with E-state index in [2.05, 4.69) is 53.9 Å². The first-order valence-electron chi connectivity index (χ1n) is 11.3. The summed E-state index contributed by atoms with van der Waals surface area (Å²) in [5.41, 5.74) is 7.12. The minimum atomic E-state index is 0.371. The fourth-order valence-corrected chi connectivity index (χ4v) is 5.62. The van der Waals surface area contributed by atoms with Crippen LogP contribution in [0.2, 0.25) is 0 Å². The van der Waals surface area contributed by atoms with Crippen molar-refractivity contribution in [3.8, 4) is 5.75 Å². The summed E-state index contributed by atoms with van der Waals surface area (Å²) in [5.74, 6) is 1.98. The number of hydrogen-bond acceptors (Lipinski definition) is 2. The maximum atomic E-state index is 10.0. The predicted octanol–water partition coefficient (Wildman–Crippen LogP) is 5.83. The van der Waals surface area contributed by atoms with Gasteiger partial charge in [-0.1, -0.05) is 48.6 Å². The molecule has 1 saturated heterocycles. The van der Waals surface area contributed by atoms with E-state index >= 15 is 0 Å². The van der Waals surface area contributed by atoms with Crippen LogP contribution in [0.1, 0.15) is 66.2 Å². The van der Waals surface area contributed by atoms with Crippen molar-refractivity contribution in [3.05, 3.63) is 88.5 Å². The number of aryl methyl sites for hydroxylation is 1. The summed E-state index contributed by atoms with van der Waals surface area (Å²) in [6.45, 7) is 2.27. The number of allylic oxidation sites excluding steroid dienone is 4. The van der Waals surface area contributed by atoms with Gasteiger partial charge >= 0.3 is 0 Å². The lowest BCUT2D eigenvalue weighted by molar-refractivity contribution is 0.455. The molecule has 1 aliphatic heterocycles. The van der Waals surface area contributed by atoms with Gasteiger partial charge in [0.05, 0.1) is 0 Å². The van der Waals surface area contributed by atoms with Crippen molar-refractivity contribution < 1.29 is 5.11 Å². The van der Waals surface area contributed by atoms with Gasteiger partial charge in [-0.25, -0.2) is 0 Å². The topological polar surface area (TPSA) is 32.3 Å². The molecular weight excluding hydrogens is 354 g/mol. The lowest BCUT2D eigenvalue weighted by Crippen LogP contribution is -2.26. The second kappa shape index (κ2) is 8.20. The van der Waals surface area contributed by atoms with Gasteiger partial charge in [-0.3, -0.25) is 0 Å². The molecule has 2 aromatic carbocycles. The molecule has 2 nitrogen and oxygen atoms in total. The zero-order valence-electron chi connectivity index (χ0n) is 17.1. The Hall–Kier alpha value is -2.32. The van der Waals surface area contributed by atoms with Crippen LogP contribution in [-0.2, 0) is 6.42 Å².